The largest absolute Gasteiger partial charge is 0.471 e. The number of aromatic nitrogens is 2. The van der Waals surface area contributed by atoms with Gasteiger partial charge in [0.15, 0.2) is 0 Å². The number of halogens is 4. The summed E-state index contributed by atoms with van der Waals surface area (Å²) in [6, 6.07) is 13.6. The van der Waals surface area contributed by atoms with E-state index < -0.39 is 12.1 Å². The molecule has 0 bridgehead atoms. The number of anilines is 1. The molecule has 3 aromatic rings. The molecule has 35 heavy (non-hydrogen) atoms. The molecule has 2 aromatic carbocycles. The lowest BCUT2D eigenvalue weighted by molar-refractivity contribution is -0.170. The Labute approximate surface area is 207 Å². The van der Waals surface area contributed by atoms with Gasteiger partial charge in [0.2, 0.25) is 0 Å². The van der Waals surface area contributed by atoms with Gasteiger partial charge in [0, 0.05) is 36.5 Å². The summed E-state index contributed by atoms with van der Waals surface area (Å²) in [4.78, 5) is 14.6. The second-order valence-electron chi connectivity index (χ2n) is 8.44. The van der Waals surface area contributed by atoms with Gasteiger partial charge in [-0.05, 0) is 63.8 Å². The molecule has 0 radical (unpaired) electrons. The summed E-state index contributed by atoms with van der Waals surface area (Å²) in [6.07, 6.45) is -4.56. The molecule has 6 nitrogen and oxygen atoms in total. The highest BCUT2D eigenvalue weighted by Gasteiger charge is 2.43. The second kappa shape index (κ2) is 10.5. The summed E-state index contributed by atoms with van der Waals surface area (Å²) in [5.74, 6) is -1.89. The van der Waals surface area contributed by atoms with Crippen LogP contribution in [0.2, 0.25) is 5.02 Å². The molecule has 0 N–H and O–H groups in total. The first-order chi connectivity index (χ1) is 16.4. The van der Waals surface area contributed by atoms with Crippen LogP contribution in [0.5, 0.6) is 0 Å². The Balaban J connectivity index is 1.94. The zero-order chi connectivity index (χ0) is 25.9. The monoisotopic (exact) mass is 503 g/mol. The van der Waals surface area contributed by atoms with Gasteiger partial charge in [0.1, 0.15) is 6.07 Å². The third kappa shape index (κ3) is 6.02. The van der Waals surface area contributed by atoms with Crippen molar-refractivity contribution < 1.29 is 18.0 Å². The smallest absolute Gasteiger partial charge is 0.308 e. The third-order valence-corrected chi connectivity index (χ3v) is 5.93. The molecule has 0 aliphatic heterocycles. The van der Waals surface area contributed by atoms with Crippen LogP contribution in [0.4, 0.5) is 18.9 Å². The predicted molar refractivity (Wildman–Crippen MR) is 129 cm³/mol. The third-order valence-electron chi connectivity index (χ3n) is 5.62. The average Bonchev–Trinajstić information content (AvgIpc) is 3.07. The van der Waals surface area contributed by atoms with E-state index in [-0.39, 0.29) is 18.8 Å². The molecule has 3 rings (SSSR count). The molecule has 1 amide bonds. The first-order valence-corrected chi connectivity index (χ1v) is 11.2. The Hall–Kier alpha value is -3.35. The van der Waals surface area contributed by atoms with Gasteiger partial charge in [0.25, 0.3) is 0 Å². The molecule has 184 valence electrons. The summed E-state index contributed by atoms with van der Waals surface area (Å²) in [5.41, 5.74) is 4.49. The van der Waals surface area contributed by atoms with E-state index in [2.05, 4.69) is 5.10 Å². The molecular weight excluding hydrogens is 479 g/mol. The van der Waals surface area contributed by atoms with E-state index in [4.69, 9.17) is 16.9 Å². The van der Waals surface area contributed by atoms with Crippen molar-refractivity contribution in [2.24, 2.45) is 0 Å². The minimum atomic E-state index is -4.97. The molecule has 1 aromatic heterocycles. The van der Waals surface area contributed by atoms with Gasteiger partial charge < -0.3 is 9.80 Å². The molecule has 0 unspecified atom stereocenters. The van der Waals surface area contributed by atoms with Gasteiger partial charge in [-0.2, -0.15) is 23.5 Å². The molecule has 0 spiro atoms. The normalized spacial score (nSPS) is 11.5. The first-order valence-electron chi connectivity index (χ1n) is 10.8. The first kappa shape index (κ1) is 26.3. The zero-order valence-electron chi connectivity index (χ0n) is 19.8. The lowest BCUT2D eigenvalue weighted by Gasteiger charge is -2.26. The second-order valence-corrected chi connectivity index (χ2v) is 8.85. The minimum Gasteiger partial charge on any atom is -0.308 e. The van der Waals surface area contributed by atoms with E-state index in [1.54, 1.807) is 60.1 Å². The maximum atomic E-state index is 13.3. The lowest BCUT2D eigenvalue weighted by atomic mass is 10.0. The van der Waals surface area contributed by atoms with E-state index in [0.29, 0.717) is 22.7 Å². The van der Waals surface area contributed by atoms with Crippen LogP contribution < -0.4 is 4.90 Å². The number of nitriles is 1. The number of carbonyl (C=O) groups is 1. The summed E-state index contributed by atoms with van der Waals surface area (Å²) >= 11 is 6.18. The number of carbonyl (C=O) groups excluding carboxylic acids is 1. The highest BCUT2D eigenvalue weighted by Crippen LogP contribution is 2.28. The maximum absolute atomic E-state index is 13.3. The number of rotatable bonds is 7. The number of aryl methyl sites for hydroxylation is 1. The van der Waals surface area contributed by atoms with E-state index in [1.807, 2.05) is 19.9 Å². The summed E-state index contributed by atoms with van der Waals surface area (Å²) in [7, 11) is 3.47. The molecule has 1 heterocycles. The van der Waals surface area contributed by atoms with Crippen LogP contribution in [0.15, 0.2) is 42.5 Å². The Morgan fingerprint density at radius 3 is 2.46 bits per heavy atom. The van der Waals surface area contributed by atoms with Crippen LogP contribution in [0, 0.1) is 25.2 Å². The van der Waals surface area contributed by atoms with Gasteiger partial charge in [-0.25, -0.2) is 4.68 Å². The van der Waals surface area contributed by atoms with Crippen molar-refractivity contribution in [2.45, 2.75) is 26.4 Å². The fourth-order valence-corrected chi connectivity index (χ4v) is 3.97. The number of alkyl halides is 3. The van der Waals surface area contributed by atoms with Crippen molar-refractivity contribution >= 4 is 23.2 Å². The SMILES string of the molecule is Cc1nn(-c2ccc(C#N)c(Cl)c2)c(C)c1Cc1cccc(N(CCN(C)C)C(=O)C(F)(F)F)c1. The van der Waals surface area contributed by atoms with Crippen LogP contribution in [-0.4, -0.2) is 53.9 Å². The zero-order valence-corrected chi connectivity index (χ0v) is 20.6. The van der Waals surface area contributed by atoms with Crippen molar-refractivity contribution in [3.8, 4) is 11.8 Å². The van der Waals surface area contributed by atoms with Crippen molar-refractivity contribution in [1.82, 2.24) is 14.7 Å². The van der Waals surface area contributed by atoms with Crippen LogP contribution in [0.25, 0.3) is 5.69 Å². The number of hydrogen-bond donors (Lipinski definition) is 0. The molecule has 0 atom stereocenters. The number of benzene rings is 2. The van der Waals surface area contributed by atoms with E-state index in [1.165, 1.54) is 6.07 Å². The molecule has 0 fully saturated rings. The summed E-state index contributed by atoms with van der Waals surface area (Å²) < 4.78 is 41.5. The molecule has 0 aliphatic rings. The molecule has 0 aliphatic carbocycles. The van der Waals surface area contributed by atoms with Crippen molar-refractivity contribution in [2.75, 3.05) is 32.1 Å². The molecule has 0 saturated carbocycles. The van der Waals surface area contributed by atoms with E-state index >= 15 is 0 Å². The van der Waals surface area contributed by atoms with E-state index in [9.17, 15) is 18.0 Å². The number of amides is 1. The Morgan fingerprint density at radius 1 is 1.14 bits per heavy atom. The summed E-state index contributed by atoms with van der Waals surface area (Å²) in [6.45, 7) is 3.93. The Bertz CT molecular complexity index is 1280. The Morgan fingerprint density at radius 2 is 1.86 bits per heavy atom. The number of likely N-dealkylation sites (N-methyl/N-ethyl adjacent to an activating group) is 1. The minimum absolute atomic E-state index is 0.0930. The molecular formula is C25H25ClF3N5O. The highest BCUT2D eigenvalue weighted by molar-refractivity contribution is 6.31. The van der Waals surface area contributed by atoms with Gasteiger partial charge >= 0.3 is 12.1 Å². The standard InChI is InChI=1S/C25H25ClF3N5O/c1-16-22(17(2)34(31-16)21-9-8-19(15-30)23(26)14-21)13-18-6-5-7-20(12-18)33(11-10-32(3)4)24(35)25(27,28)29/h5-9,12,14H,10-11,13H2,1-4H3. The Kier molecular flexibility index (Phi) is 7.88. The topological polar surface area (TPSA) is 65.2 Å². The van der Waals surface area contributed by atoms with Crippen LogP contribution >= 0.6 is 11.6 Å². The molecule has 0 saturated heterocycles. The van der Waals surface area contributed by atoms with Crippen LogP contribution in [0.1, 0.15) is 28.1 Å². The molecule has 10 heteroatoms. The maximum Gasteiger partial charge on any atom is 0.471 e. The number of nitrogens with zero attached hydrogens (tertiary/aromatic N) is 5. The fourth-order valence-electron chi connectivity index (χ4n) is 3.75. The van der Waals surface area contributed by atoms with Crippen molar-refractivity contribution in [1.29, 1.82) is 5.26 Å². The lowest BCUT2D eigenvalue weighted by Crippen LogP contribution is -2.44. The average molecular weight is 504 g/mol. The van der Waals surface area contributed by atoms with Crippen molar-refractivity contribution in [3.05, 3.63) is 75.6 Å². The predicted octanol–water partition coefficient (Wildman–Crippen LogP) is 5.06. The van der Waals surface area contributed by atoms with E-state index in [0.717, 1.165) is 27.4 Å². The van der Waals surface area contributed by atoms with Gasteiger partial charge in [-0.1, -0.05) is 23.7 Å². The fraction of sp³-hybridized carbons (Fsp3) is 0.320. The highest BCUT2D eigenvalue weighted by atomic mass is 35.5. The van der Waals surface area contributed by atoms with Crippen LogP contribution in [-0.2, 0) is 11.2 Å². The quantitative estimate of drug-likeness (QED) is 0.452. The van der Waals surface area contributed by atoms with Gasteiger partial charge in [0.05, 0.1) is 22.0 Å². The van der Waals surface area contributed by atoms with Gasteiger partial charge in [-0.15, -0.1) is 0 Å². The van der Waals surface area contributed by atoms with Gasteiger partial charge in [-0.3, -0.25) is 4.79 Å². The summed E-state index contributed by atoms with van der Waals surface area (Å²) in [5, 5.41) is 14.0. The van der Waals surface area contributed by atoms with Crippen molar-refractivity contribution in [3.63, 3.8) is 0 Å². The van der Waals surface area contributed by atoms with Crippen LogP contribution in [0.3, 0.4) is 0 Å². The number of hydrogen-bond acceptors (Lipinski definition) is 4.